The van der Waals surface area contributed by atoms with Gasteiger partial charge in [0, 0.05) is 12.3 Å². The normalized spacial score (nSPS) is 10.8. The van der Waals surface area contributed by atoms with Gasteiger partial charge in [-0.1, -0.05) is 20.8 Å². The van der Waals surface area contributed by atoms with E-state index < -0.39 is 5.41 Å². The number of nitrogens with two attached hydrogens (primary N) is 2. The summed E-state index contributed by atoms with van der Waals surface area (Å²) in [6.07, 6.45) is 6.07. The van der Waals surface area contributed by atoms with Crippen LogP contribution >= 0.6 is 0 Å². The number of amides is 2. The summed E-state index contributed by atoms with van der Waals surface area (Å²) in [5.41, 5.74) is 15.0. The Kier molecular flexibility index (Phi) is 9.97. The minimum atomic E-state index is -0.500. The van der Waals surface area contributed by atoms with Crippen LogP contribution in [0, 0.1) is 5.41 Å². The minimum absolute atomic E-state index is 0.104. The van der Waals surface area contributed by atoms with Crippen LogP contribution in [0.5, 0.6) is 0 Å². The highest BCUT2D eigenvalue weighted by Crippen LogP contribution is 2.20. The molecular formula is C31H30N16O2. The average Bonchev–Trinajstić information content (AvgIpc) is 3.09. The number of hydrogen-bond donors (Lipinski definition) is 4. The first-order chi connectivity index (χ1) is 23.4. The molecule has 49 heavy (non-hydrogen) atoms. The Morgan fingerprint density at radius 1 is 0.510 bits per heavy atom. The molecule has 6 aromatic heterocycles. The fraction of sp³-hybridized carbons (Fsp3) is 0.161. The van der Waals surface area contributed by atoms with Crippen LogP contribution in [0.2, 0.25) is 0 Å². The van der Waals surface area contributed by atoms with Crippen LogP contribution in [-0.2, 0) is 9.59 Å². The molecule has 0 saturated carbocycles. The molecule has 0 fully saturated rings. The number of nitrogen functional groups attached to an aromatic ring is 2. The van der Waals surface area contributed by atoms with Crippen LogP contribution in [0.4, 0.5) is 22.7 Å². The summed E-state index contributed by atoms with van der Waals surface area (Å²) in [6.45, 7) is 6.92. The smallest absolute Gasteiger partial charge is 0.229 e. The fourth-order valence-electron chi connectivity index (χ4n) is 3.67. The van der Waals surface area contributed by atoms with Gasteiger partial charge in [-0.25, -0.2) is 0 Å². The molecule has 0 aliphatic carbocycles. The Hall–Kier alpha value is -6.98. The van der Waals surface area contributed by atoms with E-state index in [4.69, 9.17) is 11.5 Å². The molecule has 6 N–H and O–H groups in total. The highest BCUT2D eigenvalue weighted by Gasteiger charge is 2.21. The van der Waals surface area contributed by atoms with Gasteiger partial charge in [-0.15, -0.1) is 40.8 Å². The molecule has 6 aromatic rings. The number of nitrogens with one attached hydrogen (secondary N) is 2. The van der Waals surface area contributed by atoms with Crippen LogP contribution in [0.3, 0.4) is 0 Å². The predicted molar refractivity (Wildman–Crippen MR) is 179 cm³/mol. The molecule has 0 aliphatic heterocycles. The van der Waals surface area contributed by atoms with Crippen molar-refractivity contribution in [1.29, 1.82) is 0 Å². The summed E-state index contributed by atoms with van der Waals surface area (Å²) in [4.78, 5) is 39.7. The van der Waals surface area contributed by atoms with Crippen molar-refractivity contribution >= 4 is 34.6 Å². The maximum absolute atomic E-state index is 12.0. The number of aromatic nitrogens is 12. The lowest BCUT2D eigenvalue weighted by molar-refractivity contribution is -0.123. The lowest BCUT2D eigenvalue weighted by Gasteiger charge is -2.17. The first-order valence-corrected chi connectivity index (χ1v) is 14.5. The highest BCUT2D eigenvalue weighted by atomic mass is 16.2. The van der Waals surface area contributed by atoms with E-state index in [9.17, 15) is 9.59 Å². The molecule has 18 nitrogen and oxygen atoms in total. The number of carbonyl (C=O) groups is 2. The van der Waals surface area contributed by atoms with E-state index in [1.165, 1.54) is 31.7 Å². The third-order valence-corrected chi connectivity index (χ3v) is 6.23. The van der Waals surface area contributed by atoms with E-state index in [0.29, 0.717) is 57.2 Å². The SMILES string of the molecule is CC(=O)Nc1ccc(-c2nnc(-c3ccc(NC(=O)C(C)(C)C)cn3)nn2)nc1.Nc1ccc(-c2nnc(-c3ccc(N)cn3)nn2)nc1. The van der Waals surface area contributed by atoms with Crippen molar-refractivity contribution in [2.75, 3.05) is 22.1 Å². The Bertz CT molecular complexity index is 1950. The topological polar surface area (TPSA) is 265 Å². The third-order valence-electron chi connectivity index (χ3n) is 6.23. The number of rotatable bonds is 6. The van der Waals surface area contributed by atoms with Crippen LogP contribution in [-0.4, -0.2) is 72.5 Å². The quantitative estimate of drug-likeness (QED) is 0.200. The van der Waals surface area contributed by atoms with E-state index in [1.54, 1.807) is 48.5 Å². The van der Waals surface area contributed by atoms with Gasteiger partial charge < -0.3 is 22.1 Å². The number of hydrogen-bond acceptors (Lipinski definition) is 16. The van der Waals surface area contributed by atoms with Gasteiger partial charge in [0.15, 0.2) is 0 Å². The lowest BCUT2D eigenvalue weighted by Crippen LogP contribution is -2.27. The molecule has 0 bridgehead atoms. The molecule has 6 heterocycles. The second-order valence-electron chi connectivity index (χ2n) is 11.3. The Morgan fingerprint density at radius 2 is 0.837 bits per heavy atom. The number of anilines is 4. The van der Waals surface area contributed by atoms with Crippen LogP contribution in [0.25, 0.3) is 46.1 Å². The predicted octanol–water partition coefficient (Wildman–Crippen LogP) is 2.89. The van der Waals surface area contributed by atoms with Gasteiger partial charge in [0.05, 0.1) is 47.5 Å². The van der Waals surface area contributed by atoms with Crippen LogP contribution < -0.4 is 22.1 Å². The van der Waals surface area contributed by atoms with Gasteiger partial charge in [-0.3, -0.25) is 29.5 Å². The number of carbonyl (C=O) groups excluding carboxylic acids is 2. The summed E-state index contributed by atoms with van der Waals surface area (Å²) in [5.74, 6) is 0.857. The maximum Gasteiger partial charge on any atom is 0.229 e. The lowest BCUT2D eigenvalue weighted by atomic mass is 9.95. The van der Waals surface area contributed by atoms with Crippen molar-refractivity contribution in [2.45, 2.75) is 27.7 Å². The largest absolute Gasteiger partial charge is 0.397 e. The van der Waals surface area contributed by atoms with Crippen molar-refractivity contribution in [1.82, 2.24) is 60.7 Å². The number of nitrogens with zero attached hydrogens (tertiary/aromatic N) is 12. The molecule has 0 aliphatic rings. The van der Waals surface area contributed by atoms with Gasteiger partial charge in [0.1, 0.15) is 22.8 Å². The van der Waals surface area contributed by atoms with Crippen LogP contribution in [0.1, 0.15) is 27.7 Å². The van der Waals surface area contributed by atoms with Gasteiger partial charge in [-0.05, 0) is 48.5 Å². The van der Waals surface area contributed by atoms with Gasteiger partial charge in [-0.2, -0.15) is 0 Å². The summed E-state index contributed by atoms with van der Waals surface area (Å²) in [6, 6.07) is 13.6. The zero-order valence-corrected chi connectivity index (χ0v) is 26.8. The van der Waals surface area contributed by atoms with Gasteiger partial charge in [0.25, 0.3) is 0 Å². The highest BCUT2D eigenvalue weighted by molar-refractivity contribution is 5.94. The average molecular weight is 659 g/mol. The van der Waals surface area contributed by atoms with Crippen molar-refractivity contribution < 1.29 is 9.59 Å². The summed E-state index contributed by atoms with van der Waals surface area (Å²) in [7, 11) is 0. The van der Waals surface area contributed by atoms with Gasteiger partial charge >= 0.3 is 0 Å². The second-order valence-corrected chi connectivity index (χ2v) is 11.3. The zero-order chi connectivity index (χ0) is 35.0. The molecule has 246 valence electrons. The standard InChI is InChI=1S/C19H20N8O2.C12H10N8/c1-11(28)22-12-5-7-14(20-9-12)16-24-26-17(27-25-16)15-8-6-13(10-21-15)23-18(29)19(2,3)4;13-7-1-3-9(15-5-7)11-17-19-12(20-18-11)10-4-2-8(14)6-16-10/h5-10H,1-4H3,(H,22,28)(H,23,29);1-6H,13-14H2. The van der Waals surface area contributed by atoms with E-state index in [2.05, 4.69) is 71.4 Å². The van der Waals surface area contributed by atoms with Crippen molar-refractivity contribution in [3.05, 3.63) is 73.3 Å². The molecule has 18 heteroatoms. The molecule has 2 amide bonds. The molecule has 0 saturated heterocycles. The third kappa shape index (κ3) is 9.06. The van der Waals surface area contributed by atoms with E-state index in [1.807, 2.05) is 20.8 Å². The van der Waals surface area contributed by atoms with Gasteiger partial charge in [0.2, 0.25) is 35.1 Å². The van der Waals surface area contributed by atoms with Crippen LogP contribution in [0.15, 0.2) is 73.3 Å². The van der Waals surface area contributed by atoms with Crippen molar-refractivity contribution in [3.63, 3.8) is 0 Å². The number of pyridine rings is 4. The first kappa shape index (κ1) is 33.4. The Labute approximate surface area is 279 Å². The summed E-state index contributed by atoms with van der Waals surface area (Å²) >= 11 is 0. The molecular weight excluding hydrogens is 628 g/mol. The van der Waals surface area contributed by atoms with E-state index in [0.717, 1.165) is 0 Å². The first-order valence-electron chi connectivity index (χ1n) is 14.5. The maximum atomic E-state index is 12.0. The van der Waals surface area contributed by atoms with Crippen molar-refractivity contribution in [3.8, 4) is 46.1 Å². The second kappa shape index (κ2) is 14.6. The molecule has 0 atom stereocenters. The van der Waals surface area contributed by atoms with Crippen molar-refractivity contribution in [2.24, 2.45) is 5.41 Å². The summed E-state index contributed by atoms with van der Waals surface area (Å²) in [5, 5.41) is 37.5. The molecule has 0 aromatic carbocycles. The molecule has 0 spiro atoms. The zero-order valence-electron chi connectivity index (χ0n) is 26.8. The molecule has 6 rings (SSSR count). The molecule has 0 radical (unpaired) electrons. The van der Waals surface area contributed by atoms with E-state index >= 15 is 0 Å². The Morgan fingerprint density at radius 3 is 1.10 bits per heavy atom. The molecule has 0 unspecified atom stereocenters. The fourth-order valence-corrected chi connectivity index (χ4v) is 3.67. The monoisotopic (exact) mass is 658 g/mol. The Balaban J connectivity index is 0.000000204. The minimum Gasteiger partial charge on any atom is -0.397 e. The summed E-state index contributed by atoms with van der Waals surface area (Å²) < 4.78 is 0. The van der Waals surface area contributed by atoms with E-state index in [-0.39, 0.29) is 23.5 Å².